The number of benzene rings is 4. The van der Waals surface area contributed by atoms with Crippen molar-refractivity contribution in [3.8, 4) is 34.4 Å². The Labute approximate surface area is 326 Å². The summed E-state index contributed by atoms with van der Waals surface area (Å²) in [7, 11) is 0. The monoisotopic (exact) mass is 750 g/mol. The summed E-state index contributed by atoms with van der Waals surface area (Å²) in [6.45, 7) is 6.47. The van der Waals surface area contributed by atoms with Gasteiger partial charge >= 0.3 is 23.9 Å². The SMILES string of the molecule is CC(C)(COC(=O)/C=C/C(=O)OCC(C)(C)COC(=O)[C@H](C#N)C1c2ccccc2-c2ccccc21)COC(=O)[C@@H](C#N)C1c2ccccc2-c2ccccc21. The van der Waals surface area contributed by atoms with Crippen molar-refractivity contribution in [2.75, 3.05) is 26.4 Å². The van der Waals surface area contributed by atoms with Gasteiger partial charge in [0, 0.05) is 34.8 Å². The zero-order valence-electron chi connectivity index (χ0n) is 31.7. The lowest BCUT2D eigenvalue weighted by atomic mass is 9.85. The molecule has 0 bridgehead atoms. The number of hydrogen-bond acceptors (Lipinski definition) is 10. The molecule has 0 N–H and O–H groups in total. The van der Waals surface area contributed by atoms with Crippen molar-refractivity contribution in [1.82, 2.24) is 0 Å². The van der Waals surface area contributed by atoms with Crippen molar-refractivity contribution >= 4 is 23.9 Å². The second-order valence-electron chi connectivity index (χ2n) is 15.6. The van der Waals surface area contributed by atoms with E-state index in [2.05, 4.69) is 12.1 Å². The summed E-state index contributed by atoms with van der Waals surface area (Å²) in [5, 5.41) is 20.1. The number of fused-ring (bicyclic) bond motifs is 6. The van der Waals surface area contributed by atoms with Crippen molar-refractivity contribution in [2.24, 2.45) is 22.7 Å². The van der Waals surface area contributed by atoms with Crippen LogP contribution in [0.1, 0.15) is 61.8 Å². The Morgan fingerprint density at radius 1 is 0.518 bits per heavy atom. The van der Waals surface area contributed by atoms with E-state index < -0.39 is 58.4 Å². The van der Waals surface area contributed by atoms with Gasteiger partial charge in [-0.25, -0.2) is 9.59 Å². The van der Waals surface area contributed by atoms with Gasteiger partial charge in [-0.05, 0) is 44.5 Å². The van der Waals surface area contributed by atoms with Crippen LogP contribution in [-0.4, -0.2) is 50.3 Å². The molecular formula is C46H42N2O8. The molecule has 4 aromatic rings. The van der Waals surface area contributed by atoms with Crippen molar-refractivity contribution in [3.05, 3.63) is 131 Å². The molecule has 10 nitrogen and oxygen atoms in total. The van der Waals surface area contributed by atoms with Crippen LogP contribution in [0.5, 0.6) is 0 Å². The highest BCUT2D eigenvalue weighted by molar-refractivity contribution is 5.92. The molecule has 0 amide bonds. The van der Waals surface area contributed by atoms with Gasteiger partial charge in [0.05, 0.1) is 38.6 Å². The maximum Gasteiger partial charge on any atom is 0.331 e. The molecule has 4 aromatic carbocycles. The Balaban J connectivity index is 0.944. The van der Waals surface area contributed by atoms with Gasteiger partial charge in [-0.1, -0.05) is 125 Å². The summed E-state index contributed by atoms with van der Waals surface area (Å²) in [5.74, 6) is -6.04. The lowest BCUT2D eigenvalue weighted by Crippen LogP contribution is -2.31. The van der Waals surface area contributed by atoms with Crippen LogP contribution in [0.15, 0.2) is 109 Å². The molecule has 2 aliphatic carbocycles. The summed E-state index contributed by atoms with van der Waals surface area (Å²) in [5.41, 5.74) is 5.90. The molecule has 0 fully saturated rings. The fourth-order valence-corrected chi connectivity index (χ4v) is 7.20. The van der Waals surface area contributed by atoms with Crippen LogP contribution >= 0.6 is 0 Å². The highest BCUT2D eigenvalue weighted by Gasteiger charge is 2.41. The Morgan fingerprint density at radius 3 is 1.07 bits per heavy atom. The molecule has 0 saturated heterocycles. The van der Waals surface area contributed by atoms with E-state index >= 15 is 0 Å². The lowest BCUT2D eigenvalue weighted by Gasteiger charge is -2.25. The first kappa shape index (κ1) is 39.2. The van der Waals surface area contributed by atoms with Crippen LogP contribution in [0.4, 0.5) is 0 Å². The number of nitriles is 2. The standard InChI is InChI=1S/C46H42N2O8/c1-45(2,27-55-43(51)37(23-47)41-33-17-9-5-13-29(33)30-14-6-10-18-34(30)41)25-53-39(49)21-22-40(50)54-26-46(3,4)28-56-44(52)38(24-48)42-35-19-11-7-15-31(35)32-16-8-12-20-36(32)42/h5-22,37-38,41-42H,25-28H2,1-4H3/b22-21+/t37-,38+. The Kier molecular flexibility index (Phi) is 11.5. The van der Waals surface area contributed by atoms with Gasteiger partial charge in [-0.3, -0.25) is 9.59 Å². The number of esters is 4. The first-order valence-electron chi connectivity index (χ1n) is 18.3. The predicted octanol–water partition coefficient (Wildman–Crippen LogP) is 7.67. The number of carbonyl (C=O) groups excluding carboxylic acids is 4. The van der Waals surface area contributed by atoms with Crippen LogP contribution < -0.4 is 0 Å². The van der Waals surface area contributed by atoms with E-state index in [0.29, 0.717) is 0 Å². The zero-order valence-corrected chi connectivity index (χ0v) is 31.7. The largest absolute Gasteiger partial charge is 0.464 e. The van der Waals surface area contributed by atoms with Crippen LogP contribution in [0.25, 0.3) is 22.3 Å². The van der Waals surface area contributed by atoms with Gasteiger partial charge in [0.15, 0.2) is 11.8 Å². The summed E-state index contributed by atoms with van der Waals surface area (Å²) >= 11 is 0. The molecule has 0 aliphatic heterocycles. The molecule has 0 saturated carbocycles. The molecular weight excluding hydrogens is 709 g/mol. The number of hydrogen-bond donors (Lipinski definition) is 0. The van der Waals surface area contributed by atoms with Gasteiger partial charge < -0.3 is 18.9 Å². The summed E-state index contributed by atoms with van der Waals surface area (Å²) in [4.78, 5) is 51.5. The van der Waals surface area contributed by atoms with Crippen LogP contribution in [-0.2, 0) is 38.1 Å². The van der Waals surface area contributed by atoms with Crippen LogP contribution in [0.3, 0.4) is 0 Å². The molecule has 0 spiro atoms. The second kappa shape index (κ2) is 16.5. The van der Waals surface area contributed by atoms with E-state index in [-0.39, 0.29) is 26.4 Å². The van der Waals surface area contributed by atoms with E-state index in [4.69, 9.17) is 18.9 Å². The Morgan fingerprint density at radius 2 is 0.786 bits per heavy atom. The van der Waals surface area contributed by atoms with E-state index in [9.17, 15) is 29.7 Å². The van der Waals surface area contributed by atoms with Crippen LogP contribution in [0.2, 0.25) is 0 Å². The average molecular weight is 751 g/mol. The van der Waals surface area contributed by atoms with E-state index in [0.717, 1.165) is 56.7 Å². The number of ether oxygens (including phenoxy) is 4. The summed E-state index contributed by atoms with van der Waals surface area (Å²) in [6.07, 6.45) is 1.87. The number of carbonyl (C=O) groups is 4. The molecule has 0 unspecified atom stereocenters. The summed E-state index contributed by atoms with van der Waals surface area (Å²) < 4.78 is 21.9. The van der Waals surface area contributed by atoms with E-state index in [1.54, 1.807) is 27.7 Å². The lowest BCUT2D eigenvalue weighted by molar-refractivity contribution is -0.154. The quantitative estimate of drug-likeness (QED) is 0.0713. The maximum absolute atomic E-state index is 13.3. The molecule has 2 atom stereocenters. The average Bonchev–Trinajstić information content (AvgIpc) is 3.71. The molecule has 2 aliphatic rings. The van der Waals surface area contributed by atoms with E-state index in [1.807, 2.05) is 97.1 Å². The molecule has 6 rings (SSSR count). The van der Waals surface area contributed by atoms with Gasteiger partial charge in [0.1, 0.15) is 0 Å². The summed E-state index contributed by atoms with van der Waals surface area (Å²) in [6, 6.07) is 35.1. The third-order valence-electron chi connectivity index (χ3n) is 9.99. The van der Waals surface area contributed by atoms with Gasteiger partial charge in [-0.2, -0.15) is 10.5 Å². The molecule has 0 heterocycles. The normalized spacial score (nSPS) is 14.2. The minimum atomic E-state index is -1.08. The first-order chi connectivity index (χ1) is 26.8. The van der Waals surface area contributed by atoms with Gasteiger partial charge in [0.2, 0.25) is 0 Å². The van der Waals surface area contributed by atoms with Crippen LogP contribution in [0, 0.1) is 45.3 Å². The van der Waals surface area contributed by atoms with E-state index in [1.165, 1.54) is 0 Å². The second-order valence-corrected chi connectivity index (χ2v) is 15.6. The van der Waals surface area contributed by atoms with Crippen molar-refractivity contribution in [2.45, 2.75) is 39.5 Å². The third kappa shape index (κ3) is 8.40. The molecule has 56 heavy (non-hydrogen) atoms. The fraction of sp³-hybridized carbons (Fsp3) is 0.304. The number of nitrogens with zero attached hydrogens (tertiary/aromatic N) is 2. The van der Waals surface area contributed by atoms with Crippen molar-refractivity contribution in [3.63, 3.8) is 0 Å². The molecule has 10 heteroatoms. The predicted molar refractivity (Wildman–Crippen MR) is 206 cm³/mol. The number of rotatable bonds is 14. The topological polar surface area (TPSA) is 153 Å². The minimum Gasteiger partial charge on any atom is -0.464 e. The van der Waals surface area contributed by atoms with Crippen molar-refractivity contribution in [1.29, 1.82) is 10.5 Å². The highest BCUT2D eigenvalue weighted by Crippen LogP contribution is 2.49. The molecule has 284 valence electrons. The smallest absolute Gasteiger partial charge is 0.331 e. The highest BCUT2D eigenvalue weighted by atomic mass is 16.6. The Hall–Kier alpha value is -6.52. The van der Waals surface area contributed by atoms with Crippen molar-refractivity contribution < 1.29 is 38.1 Å². The third-order valence-corrected chi connectivity index (χ3v) is 9.99. The maximum atomic E-state index is 13.3. The first-order valence-corrected chi connectivity index (χ1v) is 18.3. The fourth-order valence-electron chi connectivity index (χ4n) is 7.20. The molecule has 0 radical (unpaired) electrons. The van der Waals surface area contributed by atoms with Gasteiger partial charge in [-0.15, -0.1) is 0 Å². The zero-order chi connectivity index (χ0) is 40.0. The van der Waals surface area contributed by atoms with Gasteiger partial charge in [0.25, 0.3) is 0 Å². The minimum absolute atomic E-state index is 0.116. The molecule has 0 aromatic heterocycles. The Bertz CT molecular complexity index is 2030.